The predicted octanol–water partition coefficient (Wildman–Crippen LogP) is 23.2. The SMILES string of the molecule is CC/C=C\C/C=C\C/C=C\C/C=C\C/C=C\C/C=C\C/C=C\C/C=C\CCCCCCCCCCCCCCC(=O)OC(CO)COC(=O)CCCCCCCCCCCCCCCCC/C=C\CCCCCCCCCC. The molecule has 1 unspecified atom stereocenters. The van der Waals surface area contributed by atoms with Gasteiger partial charge in [0.15, 0.2) is 6.10 Å². The summed E-state index contributed by atoms with van der Waals surface area (Å²) in [5.41, 5.74) is 0. The minimum Gasteiger partial charge on any atom is -0.462 e. The molecule has 0 bridgehead atoms. The molecule has 0 radical (unpaired) electrons. The van der Waals surface area contributed by atoms with Crippen LogP contribution in [0.4, 0.5) is 0 Å². The van der Waals surface area contributed by atoms with Crippen molar-refractivity contribution < 1.29 is 24.2 Å². The van der Waals surface area contributed by atoms with Gasteiger partial charge in [0.1, 0.15) is 6.61 Å². The summed E-state index contributed by atoms with van der Waals surface area (Å²) < 4.78 is 10.7. The molecule has 448 valence electrons. The molecule has 0 aromatic rings. The molecule has 5 heteroatoms. The van der Waals surface area contributed by atoms with E-state index in [2.05, 4.69) is 123 Å². The molecule has 0 fully saturated rings. The molecule has 0 rings (SSSR count). The van der Waals surface area contributed by atoms with Crippen LogP contribution in [0.25, 0.3) is 0 Å². The fraction of sp³-hybridized carbons (Fsp3) is 0.726. The van der Waals surface area contributed by atoms with E-state index in [1.54, 1.807) is 0 Å². The highest BCUT2D eigenvalue weighted by atomic mass is 16.6. The van der Waals surface area contributed by atoms with Crippen LogP contribution in [0.1, 0.15) is 322 Å². The third kappa shape index (κ3) is 65.1. The first-order valence-electron chi connectivity index (χ1n) is 33.4. The van der Waals surface area contributed by atoms with Crippen LogP contribution in [0.3, 0.4) is 0 Å². The number of aliphatic hydroxyl groups is 1. The highest BCUT2D eigenvalue weighted by molar-refractivity contribution is 5.70. The van der Waals surface area contributed by atoms with Gasteiger partial charge in [0, 0.05) is 12.8 Å². The van der Waals surface area contributed by atoms with Gasteiger partial charge in [-0.3, -0.25) is 9.59 Å². The molecule has 0 spiro atoms. The number of unbranched alkanes of at least 4 members (excludes halogenated alkanes) is 35. The Morgan fingerprint density at radius 2 is 0.551 bits per heavy atom. The van der Waals surface area contributed by atoms with Gasteiger partial charge in [0.05, 0.1) is 6.61 Å². The summed E-state index contributed by atoms with van der Waals surface area (Å²) in [6, 6.07) is 0. The molecule has 0 aromatic heterocycles. The summed E-state index contributed by atoms with van der Waals surface area (Å²) in [6.45, 7) is 4.06. The maximum absolute atomic E-state index is 12.4. The smallest absolute Gasteiger partial charge is 0.306 e. The molecule has 0 aliphatic carbocycles. The molecule has 0 heterocycles. The monoisotopic (exact) mass is 1080 g/mol. The molecule has 1 N–H and O–H groups in total. The summed E-state index contributed by atoms with van der Waals surface area (Å²) in [6.07, 6.45) is 98.1. The molecular formula is C73H126O5. The van der Waals surface area contributed by atoms with Gasteiger partial charge in [-0.2, -0.15) is 0 Å². The second-order valence-electron chi connectivity index (χ2n) is 22.2. The van der Waals surface area contributed by atoms with Gasteiger partial charge in [0.25, 0.3) is 0 Å². The average Bonchev–Trinajstić information content (AvgIpc) is 3.44. The molecule has 0 aliphatic rings. The molecule has 78 heavy (non-hydrogen) atoms. The van der Waals surface area contributed by atoms with E-state index in [1.165, 1.54) is 205 Å². The first-order valence-corrected chi connectivity index (χ1v) is 33.4. The van der Waals surface area contributed by atoms with Gasteiger partial charge in [-0.15, -0.1) is 0 Å². The zero-order valence-electron chi connectivity index (χ0n) is 51.4. The van der Waals surface area contributed by atoms with Crippen LogP contribution in [0, 0.1) is 0 Å². The van der Waals surface area contributed by atoms with E-state index < -0.39 is 6.10 Å². The first kappa shape index (κ1) is 74.6. The third-order valence-corrected chi connectivity index (χ3v) is 14.6. The van der Waals surface area contributed by atoms with Gasteiger partial charge in [-0.25, -0.2) is 0 Å². The normalized spacial score (nSPS) is 12.9. The quantitative estimate of drug-likeness (QED) is 0.0373. The Morgan fingerprint density at radius 3 is 0.846 bits per heavy atom. The highest BCUT2D eigenvalue weighted by Crippen LogP contribution is 2.17. The zero-order chi connectivity index (χ0) is 56.2. The van der Waals surface area contributed by atoms with Crippen LogP contribution in [-0.2, 0) is 19.1 Å². The van der Waals surface area contributed by atoms with Crippen LogP contribution >= 0.6 is 0 Å². The molecular weight excluding hydrogens is 957 g/mol. The standard InChI is InChI=1S/C73H126O5/c1-3-5-7-9-11-13-15-17-19-21-23-25-27-29-31-32-33-34-35-36-37-38-39-40-42-44-46-48-50-52-54-56-58-60-62-64-66-68-73(76)78-71(69-74)70-77-72(75)67-65-63-61-59-57-55-53-51-49-47-45-43-41-30-28-26-24-22-20-18-16-14-12-10-8-6-4-2/h5,7,11,13,17,19,22-25,29,31,33-34,36-37,39-40,71,74H,3-4,6,8-10,12,14-16,18,20-21,26-28,30,32,35,38,41-70H2,1-2H3/b7-5-,13-11-,19-17-,24-22-,25-23-,31-29-,34-33-,37-36-,40-39-. The molecule has 0 saturated heterocycles. The minimum absolute atomic E-state index is 0.0680. The van der Waals surface area contributed by atoms with Crippen molar-refractivity contribution in [1.29, 1.82) is 0 Å². The van der Waals surface area contributed by atoms with Gasteiger partial charge >= 0.3 is 11.9 Å². The number of rotatable bonds is 61. The van der Waals surface area contributed by atoms with Crippen LogP contribution in [0.15, 0.2) is 109 Å². The maximum Gasteiger partial charge on any atom is 0.306 e. The van der Waals surface area contributed by atoms with Crippen LogP contribution < -0.4 is 0 Å². The Balaban J connectivity index is 3.50. The molecule has 0 saturated carbocycles. The van der Waals surface area contributed by atoms with E-state index in [0.29, 0.717) is 12.8 Å². The largest absolute Gasteiger partial charge is 0.462 e. The van der Waals surface area contributed by atoms with Gasteiger partial charge in [-0.1, -0.05) is 316 Å². The molecule has 0 aliphatic heterocycles. The van der Waals surface area contributed by atoms with Crippen LogP contribution in [0.5, 0.6) is 0 Å². The lowest BCUT2D eigenvalue weighted by Gasteiger charge is -2.15. The average molecular weight is 1080 g/mol. The Kier molecular flexibility index (Phi) is 64.8. The Bertz CT molecular complexity index is 1510. The number of hydrogen-bond acceptors (Lipinski definition) is 5. The zero-order valence-corrected chi connectivity index (χ0v) is 51.4. The highest BCUT2D eigenvalue weighted by Gasteiger charge is 2.16. The first-order chi connectivity index (χ1) is 38.6. The van der Waals surface area contributed by atoms with Crippen molar-refractivity contribution >= 4 is 11.9 Å². The number of esters is 2. The van der Waals surface area contributed by atoms with Crippen molar-refractivity contribution in [3.63, 3.8) is 0 Å². The third-order valence-electron chi connectivity index (χ3n) is 14.6. The second kappa shape index (κ2) is 67.8. The van der Waals surface area contributed by atoms with Crippen molar-refractivity contribution in [1.82, 2.24) is 0 Å². The Labute approximate surface area is 484 Å². The van der Waals surface area contributed by atoms with Crippen molar-refractivity contribution in [3.8, 4) is 0 Å². The van der Waals surface area contributed by atoms with E-state index >= 15 is 0 Å². The summed E-state index contributed by atoms with van der Waals surface area (Å²) in [4.78, 5) is 24.6. The number of allylic oxidation sites excluding steroid dienone is 18. The summed E-state index contributed by atoms with van der Waals surface area (Å²) >= 11 is 0. The van der Waals surface area contributed by atoms with Crippen molar-refractivity contribution in [3.05, 3.63) is 109 Å². The van der Waals surface area contributed by atoms with E-state index in [4.69, 9.17) is 9.47 Å². The van der Waals surface area contributed by atoms with Gasteiger partial charge in [-0.05, 0) is 103 Å². The van der Waals surface area contributed by atoms with Gasteiger partial charge in [0.2, 0.25) is 0 Å². The minimum atomic E-state index is -0.779. The van der Waals surface area contributed by atoms with Crippen molar-refractivity contribution in [2.24, 2.45) is 0 Å². The number of carbonyl (C=O) groups is 2. The van der Waals surface area contributed by atoms with E-state index in [0.717, 1.165) is 89.9 Å². The Morgan fingerprint density at radius 1 is 0.308 bits per heavy atom. The predicted molar refractivity (Wildman–Crippen MR) is 343 cm³/mol. The lowest BCUT2D eigenvalue weighted by Crippen LogP contribution is -2.28. The molecule has 0 aromatic carbocycles. The number of hydrogen-bond donors (Lipinski definition) is 1. The topological polar surface area (TPSA) is 72.8 Å². The molecule has 0 amide bonds. The fourth-order valence-corrected chi connectivity index (χ4v) is 9.57. The van der Waals surface area contributed by atoms with Crippen molar-refractivity contribution in [2.45, 2.75) is 328 Å². The number of carbonyl (C=O) groups excluding carboxylic acids is 2. The van der Waals surface area contributed by atoms with Crippen LogP contribution in [-0.4, -0.2) is 36.4 Å². The maximum atomic E-state index is 12.4. The van der Waals surface area contributed by atoms with E-state index in [1.807, 2.05) is 0 Å². The fourth-order valence-electron chi connectivity index (χ4n) is 9.57. The lowest BCUT2D eigenvalue weighted by atomic mass is 10.0. The summed E-state index contributed by atoms with van der Waals surface area (Å²) in [5, 5.41) is 9.69. The van der Waals surface area contributed by atoms with Crippen molar-refractivity contribution in [2.75, 3.05) is 13.2 Å². The lowest BCUT2D eigenvalue weighted by molar-refractivity contribution is -0.161. The van der Waals surface area contributed by atoms with E-state index in [9.17, 15) is 14.7 Å². The van der Waals surface area contributed by atoms with Crippen LogP contribution in [0.2, 0.25) is 0 Å². The van der Waals surface area contributed by atoms with Gasteiger partial charge < -0.3 is 14.6 Å². The second-order valence-corrected chi connectivity index (χ2v) is 22.2. The number of aliphatic hydroxyl groups excluding tert-OH is 1. The number of ether oxygens (including phenoxy) is 2. The summed E-state index contributed by atoms with van der Waals surface area (Å²) in [5.74, 6) is -0.584. The van der Waals surface area contributed by atoms with E-state index in [-0.39, 0.29) is 25.2 Å². The Hall–Kier alpha value is -3.44. The molecule has 1 atom stereocenters. The summed E-state index contributed by atoms with van der Waals surface area (Å²) in [7, 11) is 0. The molecule has 5 nitrogen and oxygen atoms in total.